The first-order valence-electron chi connectivity index (χ1n) is 4.77. The molecule has 0 nitrogen and oxygen atoms in total. The second-order valence-electron chi connectivity index (χ2n) is 3.16. The first kappa shape index (κ1) is 10.6. The summed E-state index contributed by atoms with van der Waals surface area (Å²) in [5.41, 5.74) is 0. The molecule has 0 aromatic heterocycles. The van der Waals surface area contributed by atoms with Crippen LogP contribution in [0, 0.1) is 17.8 Å². The summed E-state index contributed by atoms with van der Waals surface area (Å²) in [6.07, 6.45) is 5.91. The molecular weight excluding hydrogens is 132 g/mol. The van der Waals surface area contributed by atoms with Crippen molar-refractivity contribution in [3.05, 3.63) is 0 Å². The average Bonchev–Trinajstić information content (AvgIpc) is 2.04. The van der Waals surface area contributed by atoms with Crippen LogP contribution in [0.5, 0.6) is 0 Å². The molecular formula is C11H20. The quantitative estimate of drug-likeness (QED) is 0.540. The summed E-state index contributed by atoms with van der Waals surface area (Å²) in [7, 11) is 0. The molecule has 0 aliphatic carbocycles. The molecule has 0 heterocycles. The van der Waals surface area contributed by atoms with Crippen LogP contribution in [0.3, 0.4) is 0 Å². The maximum absolute atomic E-state index is 3.20. The van der Waals surface area contributed by atoms with Crippen molar-refractivity contribution in [3.8, 4) is 11.8 Å². The minimum Gasteiger partial charge on any atom is -0.103 e. The van der Waals surface area contributed by atoms with Crippen LogP contribution in [0.15, 0.2) is 0 Å². The number of hydrogen-bond donors (Lipinski definition) is 0. The molecule has 0 N–H and O–H groups in total. The van der Waals surface area contributed by atoms with Gasteiger partial charge in [-0.05, 0) is 18.8 Å². The first-order chi connectivity index (χ1) is 5.31. The Morgan fingerprint density at radius 3 is 2.27 bits per heavy atom. The zero-order valence-electron chi connectivity index (χ0n) is 8.11. The Hall–Kier alpha value is -0.440. The molecule has 0 aliphatic heterocycles. The molecule has 0 rings (SSSR count). The van der Waals surface area contributed by atoms with Crippen molar-refractivity contribution < 1.29 is 0 Å². The van der Waals surface area contributed by atoms with E-state index in [9.17, 15) is 0 Å². The van der Waals surface area contributed by atoms with E-state index in [1.807, 2.05) is 0 Å². The van der Waals surface area contributed by atoms with E-state index in [-0.39, 0.29) is 0 Å². The predicted octanol–water partition coefficient (Wildman–Crippen LogP) is 3.62. The van der Waals surface area contributed by atoms with Crippen LogP contribution in [-0.2, 0) is 0 Å². The van der Waals surface area contributed by atoms with Gasteiger partial charge in [0.05, 0.1) is 0 Å². The zero-order valence-corrected chi connectivity index (χ0v) is 8.11. The van der Waals surface area contributed by atoms with E-state index < -0.39 is 0 Å². The van der Waals surface area contributed by atoms with Gasteiger partial charge in [0, 0.05) is 12.8 Å². The van der Waals surface area contributed by atoms with Crippen LogP contribution >= 0.6 is 0 Å². The maximum atomic E-state index is 3.20. The molecule has 0 amide bonds. The molecule has 1 unspecified atom stereocenters. The van der Waals surface area contributed by atoms with Gasteiger partial charge in [-0.1, -0.05) is 27.2 Å². The van der Waals surface area contributed by atoms with Crippen molar-refractivity contribution in [2.45, 2.75) is 52.9 Å². The second-order valence-corrected chi connectivity index (χ2v) is 3.16. The molecule has 0 heteroatoms. The molecule has 11 heavy (non-hydrogen) atoms. The Morgan fingerprint density at radius 2 is 1.73 bits per heavy atom. The van der Waals surface area contributed by atoms with Gasteiger partial charge in [0.15, 0.2) is 0 Å². The summed E-state index contributed by atoms with van der Waals surface area (Å²) >= 11 is 0. The lowest BCUT2D eigenvalue weighted by molar-refractivity contribution is 0.525. The lowest BCUT2D eigenvalue weighted by atomic mass is 10.0. The maximum Gasteiger partial charge on any atom is 0.00912 e. The minimum atomic E-state index is 0.853. The third kappa shape index (κ3) is 7.46. The normalized spacial score (nSPS) is 11.9. The third-order valence-electron chi connectivity index (χ3n) is 1.96. The lowest BCUT2D eigenvalue weighted by Crippen LogP contribution is -1.89. The lowest BCUT2D eigenvalue weighted by Gasteiger charge is -2.02. The monoisotopic (exact) mass is 152 g/mol. The van der Waals surface area contributed by atoms with Crippen LogP contribution in [0.4, 0.5) is 0 Å². The van der Waals surface area contributed by atoms with Crippen LogP contribution in [0.1, 0.15) is 52.9 Å². The van der Waals surface area contributed by atoms with Gasteiger partial charge in [0.25, 0.3) is 0 Å². The number of rotatable bonds is 4. The Labute approximate surface area is 71.4 Å². The summed E-state index contributed by atoms with van der Waals surface area (Å²) in [5.74, 6) is 7.22. The summed E-state index contributed by atoms with van der Waals surface area (Å²) in [6, 6.07) is 0. The van der Waals surface area contributed by atoms with Crippen LogP contribution in [0.25, 0.3) is 0 Å². The predicted molar refractivity (Wildman–Crippen MR) is 51.4 cm³/mol. The smallest absolute Gasteiger partial charge is 0.00912 e. The summed E-state index contributed by atoms with van der Waals surface area (Å²) in [5, 5.41) is 0. The summed E-state index contributed by atoms with van der Waals surface area (Å²) in [4.78, 5) is 0. The van der Waals surface area contributed by atoms with Gasteiger partial charge in [-0.15, -0.1) is 11.8 Å². The van der Waals surface area contributed by atoms with Crippen LogP contribution < -0.4 is 0 Å². The molecule has 1 atom stereocenters. The first-order valence-corrected chi connectivity index (χ1v) is 4.77. The van der Waals surface area contributed by atoms with Crippen molar-refractivity contribution in [3.63, 3.8) is 0 Å². The standard InChI is InChI=1S/C11H20/c1-4-6-7-8-9-10-11(3)5-2/h11H,4-6,9-10H2,1-3H3. The van der Waals surface area contributed by atoms with Gasteiger partial charge >= 0.3 is 0 Å². The highest BCUT2D eigenvalue weighted by molar-refractivity contribution is 4.98. The highest BCUT2D eigenvalue weighted by atomic mass is 14.0. The topological polar surface area (TPSA) is 0 Å². The molecule has 0 bridgehead atoms. The zero-order chi connectivity index (χ0) is 8.53. The van der Waals surface area contributed by atoms with Crippen molar-refractivity contribution in [2.75, 3.05) is 0 Å². The molecule has 0 saturated heterocycles. The largest absolute Gasteiger partial charge is 0.103 e. The van der Waals surface area contributed by atoms with Crippen molar-refractivity contribution in [2.24, 2.45) is 5.92 Å². The highest BCUT2D eigenvalue weighted by Crippen LogP contribution is 2.07. The van der Waals surface area contributed by atoms with E-state index in [0.717, 1.165) is 18.8 Å². The Bertz CT molecular complexity index is 125. The molecule has 64 valence electrons. The number of hydrogen-bond acceptors (Lipinski definition) is 0. The van der Waals surface area contributed by atoms with Crippen LogP contribution in [-0.4, -0.2) is 0 Å². The van der Waals surface area contributed by atoms with Gasteiger partial charge in [-0.3, -0.25) is 0 Å². The van der Waals surface area contributed by atoms with Gasteiger partial charge in [0.1, 0.15) is 0 Å². The summed E-state index contributed by atoms with van der Waals surface area (Å²) in [6.45, 7) is 6.70. The summed E-state index contributed by atoms with van der Waals surface area (Å²) < 4.78 is 0. The Morgan fingerprint density at radius 1 is 1.09 bits per heavy atom. The molecule has 0 radical (unpaired) electrons. The molecule has 0 fully saturated rings. The fourth-order valence-corrected chi connectivity index (χ4v) is 0.824. The molecule has 0 aromatic rings. The van der Waals surface area contributed by atoms with E-state index in [1.165, 1.54) is 19.3 Å². The van der Waals surface area contributed by atoms with E-state index >= 15 is 0 Å². The van der Waals surface area contributed by atoms with Gasteiger partial charge < -0.3 is 0 Å². The Kier molecular flexibility index (Phi) is 7.36. The highest BCUT2D eigenvalue weighted by Gasteiger charge is 1.94. The molecule has 0 aromatic carbocycles. The average molecular weight is 152 g/mol. The SMILES string of the molecule is CCCC#CCCC(C)CC. The molecule has 0 spiro atoms. The van der Waals surface area contributed by atoms with Gasteiger partial charge in [0.2, 0.25) is 0 Å². The fourth-order valence-electron chi connectivity index (χ4n) is 0.824. The van der Waals surface area contributed by atoms with E-state index in [2.05, 4.69) is 32.6 Å². The molecule has 0 saturated carbocycles. The van der Waals surface area contributed by atoms with Crippen molar-refractivity contribution >= 4 is 0 Å². The second kappa shape index (κ2) is 7.66. The Balaban J connectivity index is 3.20. The third-order valence-corrected chi connectivity index (χ3v) is 1.96. The van der Waals surface area contributed by atoms with E-state index in [4.69, 9.17) is 0 Å². The van der Waals surface area contributed by atoms with E-state index in [0.29, 0.717) is 0 Å². The van der Waals surface area contributed by atoms with Gasteiger partial charge in [-0.25, -0.2) is 0 Å². The van der Waals surface area contributed by atoms with Crippen molar-refractivity contribution in [1.29, 1.82) is 0 Å². The van der Waals surface area contributed by atoms with E-state index in [1.54, 1.807) is 0 Å². The minimum absolute atomic E-state index is 0.853. The van der Waals surface area contributed by atoms with Crippen molar-refractivity contribution in [1.82, 2.24) is 0 Å². The van der Waals surface area contributed by atoms with Crippen LogP contribution in [0.2, 0.25) is 0 Å². The molecule has 0 aliphatic rings. The number of unbranched alkanes of at least 4 members (excludes halogenated alkanes) is 1. The fraction of sp³-hybridized carbons (Fsp3) is 0.818. The van der Waals surface area contributed by atoms with Gasteiger partial charge in [-0.2, -0.15) is 0 Å².